The van der Waals surface area contributed by atoms with E-state index in [4.69, 9.17) is 5.73 Å². The second kappa shape index (κ2) is 5.20. The van der Waals surface area contributed by atoms with Gasteiger partial charge in [0.1, 0.15) is 5.69 Å². The number of carbonyl (C=O) groups excluding carboxylic acids is 2. The van der Waals surface area contributed by atoms with Crippen LogP contribution in [0.25, 0.3) is 0 Å². The lowest BCUT2D eigenvalue weighted by atomic mass is 10.4. The van der Waals surface area contributed by atoms with Gasteiger partial charge in [-0.15, -0.1) is 0 Å². The minimum absolute atomic E-state index is 0.175. The van der Waals surface area contributed by atoms with E-state index in [1.54, 1.807) is 10.8 Å². The van der Waals surface area contributed by atoms with E-state index in [9.17, 15) is 9.59 Å². The number of nitrogens with two attached hydrogens (primary N) is 1. The maximum absolute atomic E-state index is 11.3. The van der Waals surface area contributed by atoms with E-state index in [1.807, 2.05) is 0 Å². The van der Waals surface area contributed by atoms with Gasteiger partial charge in [0.2, 0.25) is 0 Å². The summed E-state index contributed by atoms with van der Waals surface area (Å²) in [6.07, 6.45) is 1.75. The van der Waals surface area contributed by atoms with Crippen molar-refractivity contribution in [2.24, 2.45) is 0 Å². The molecule has 0 aromatic carbocycles. The molecule has 1 aromatic rings. The quantitative estimate of drug-likeness (QED) is 0.752. The number of anilines is 1. The maximum atomic E-state index is 11.3. The first-order valence-electron chi connectivity index (χ1n) is 4.69. The normalized spacial score (nSPS) is 9.88. The van der Waals surface area contributed by atoms with E-state index in [0.29, 0.717) is 17.9 Å². The first-order chi connectivity index (χ1) is 7.58. The zero-order valence-electron chi connectivity index (χ0n) is 9.23. The number of esters is 2. The third-order valence-electron chi connectivity index (χ3n) is 2.10. The van der Waals surface area contributed by atoms with Crippen LogP contribution in [-0.2, 0) is 20.8 Å². The van der Waals surface area contributed by atoms with Crippen LogP contribution < -0.4 is 5.73 Å². The molecule has 0 radical (unpaired) electrons. The number of aryl methyl sites for hydroxylation is 1. The molecule has 6 heteroatoms. The predicted molar refractivity (Wildman–Crippen MR) is 56.8 cm³/mol. The van der Waals surface area contributed by atoms with E-state index >= 15 is 0 Å². The summed E-state index contributed by atoms with van der Waals surface area (Å²) in [7, 11) is 2.60. The molecule has 1 rings (SSSR count). The lowest BCUT2D eigenvalue weighted by Crippen LogP contribution is -2.12. The SMILES string of the molecule is COC(=O)CCn1cc(N)cc1C(=O)OC. The molecule has 0 fully saturated rings. The summed E-state index contributed by atoms with van der Waals surface area (Å²) in [6.45, 7) is 0.328. The van der Waals surface area contributed by atoms with Gasteiger partial charge in [-0.05, 0) is 6.07 Å². The number of ether oxygens (including phenoxy) is 2. The molecule has 0 saturated carbocycles. The lowest BCUT2D eigenvalue weighted by Gasteiger charge is -2.06. The van der Waals surface area contributed by atoms with Gasteiger partial charge >= 0.3 is 11.9 Å². The number of methoxy groups -OCH3 is 2. The van der Waals surface area contributed by atoms with Crippen LogP contribution in [0.1, 0.15) is 16.9 Å². The third-order valence-corrected chi connectivity index (χ3v) is 2.10. The largest absolute Gasteiger partial charge is 0.469 e. The second-order valence-electron chi connectivity index (χ2n) is 3.17. The van der Waals surface area contributed by atoms with Gasteiger partial charge in [-0.3, -0.25) is 4.79 Å². The van der Waals surface area contributed by atoms with Crippen LogP contribution in [-0.4, -0.2) is 30.7 Å². The van der Waals surface area contributed by atoms with Gasteiger partial charge in [0.05, 0.1) is 26.3 Å². The zero-order chi connectivity index (χ0) is 12.1. The monoisotopic (exact) mass is 226 g/mol. The molecule has 0 atom stereocenters. The summed E-state index contributed by atoms with van der Waals surface area (Å²) in [6, 6.07) is 1.50. The summed E-state index contributed by atoms with van der Waals surface area (Å²) in [5, 5.41) is 0. The van der Waals surface area contributed by atoms with Crippen molar-refractivity contribution in [3.05, 3.63) is 18.0 Å². The highest BCUT2D eigenvalue weighted by atomic mass is 16.5. The third kappa shape index (κ3) is 2.75. The van der Waals surface area contributed by atoms with Gasteiger partial charge in [0.15, 0.2) is 0 Å². The highest BCUT2D eigenvalue weighted by Crippen LogP contribution is 2.12. The average molecular weight is 226 g/mol. The summed E-state index contributed by atoms with van der Waals surface area (Å²) in [5.41, 5.74) is 6.34. The van der Waals surface area contributed by atoms with E-state index in [1.165, 1.54) is 20.3 Å². The summed E-state index contributed by atoms with van der Waals surface area (Å²) in [5.74, 6) is -0.829. The molecule has 0 saturated heterocycles. The average Bonchev–Trinajstić information content (AvgIpc) is 2.66. The summed E-state index contributed by atoms with van der Waals surface area (Å²) < 4.78 is 10.7. The van der Waals surface area contributed by atoms with Gasteiger partial charge in [-0.25, -0.2) is 4.79 Å². The van der Waals surface area contributed by atoms with E-state index < -0.39 is 5.97 Å². The van der Waals surface area contributed by atoms with Crippen LogP contribution in [0.2, 0.25) is 0 Å². The predicted octanol–water partition coefficient (Wildman–Crippen LogP) is 0.420. The number of carbonyl (C=O) groups is 2. The molecule has 0 amide bonds. The summed E-state index contributed by atoms with van der Waals surface area (Å²) >= 11 is 0. The molecule has 6 nitrogen and oxygen atoms in total. The van der Waals surface area contributed by atoms with Gasteiger partial charge in [0, 0.05) is 12.7 Å². The Kier molecular flexibility index (Phi) is 3.93. The summed E-state index contributed by atoms with van der Waals surface area (Å²) in [4.78, 5) is 22.3. The topological polar surface area (TPSA) is 83.5 Å². The van der Waals surface area contributed by atoms with Crippen LogP contribution in [0, 0.1) is 0 Å². The molecule has 0 aliphatic carbocycles. The van der Waals surface area contributed by atoms with Gasteiger partial charge in [-0.1, -0.05) is 0 Å². The van der Waals surface area contributed by atoms with Crippen molar-refractivity contribution < 1.29 is 19.1 Å². The molecule has 1 aromatic heterocycles. The maximum Gasteiger partial charge on any atom is 0.354 e. The number of rotatable bonds is 4. The highest BCUT2D eigenvalue weighted by Gasteiger charge is 2.13. The number of nitrogen functional groups attached to an aromatic ring is 1. The molecule has 0 aliphatic heterocycles. The Morgan fingerprint density at radius 2 is 2.06 bits per heavy atom. The molecular formula is C10H14N2O4. The Morgan fingerprint density at radius 1 is 1.38 bits per heavy atom. The van der Waals surface area contributed by atoms with Crippen molar-refractivity contribution >= 4 is 17.6 Å². The molecule has 16 heavy (non-hydrogen) atoms. The van der Waals surface area contributed by atoms with Crippen LogP contribution >= 0.6 is 0 Å². The molecule has 0 bridgehead atoms. The van der Waals surface area contributed by atoms with Crippen molar-refractivity contribution in [2.75, 3.05) is 20.0 Å². The molecule has 1 heterocycles. The van der Waals surface area contributed by atoms with E-state index in [2.05, 4.69) is 9.47 Å². The number of aromatic nitrogens is 1. The molecule has 88 valence electrons. The van der Waals surface area contributed by atoms with Crippen LogP contribution in [0.15, 0.2) is 12.3 Å². The molecular weight excluding hydrogens is 212 g/mol. The van der Waals surface area contributed by atoms with Gasteiger partial charge in [-0.2, -0.15) is 0 Å². The Hall–Kier alpha value is -1.98. The number of hydrogen-bond donors (Lipinski definition) is 1. The fourth-order valence-corrected chi connectivity index (χ4v) is 1.31. The minimum Gasteiger partial charge on any atom is -0.469 e. The van der Waals surface area contributed by atoms with E-state index in [-0.39, 0.29) is 12.4 Å². The molecule has 2 N–H and O–H groups in total. The van der Waals surface area contributed by atoms with Gasteiger partial charge in [0.25, 0.3) is 0 Å². The highest BCUT2D eigenvalue weighted by molar-refractivity contribution is 5.89. The van der Waals surface area contributed by atoms with Crippen molar-refractivity contribution in [3.8, 4) is 0 Å². The molecule has 0 spiro atoms. The Balaban J connectivity index is 2.78. The van der Waals surface area contributed by atoms with Crippen LogP contribution in [0.5, 0.6) is 0 Å². The van der Waals surface area contributed by atoms with Gasteiger partial charge < -0.3 is 19.8 Å². The fraction of sp³-hybridized carbons (Fsp3) is 0.400. The number of nitrogens with zero attached hydrogens (tertiary/aromatic N) is 1. The Labute approximate surface area is 92.9 Å². The standard InChI is InChI=1S/C10H14N2O4/c1-15-9(13)3-4-12-6-7(11)5-8(12)10(14)16-2/h5-6H,3-4,11H2,1-2H3. The first kappa shape index (κ1) is 12.1. The van der Waals surface area contributed by atoms with Crippen molar-refractivity contribution in [3.63, 3.8) is 0 Å². The van der Waals surface area contributed by atoms with E-state index in [0.717, 1.165) is 0 Å². The Bertz CT molecular complexity index is 398. The van der Waals surface area contributed by atoms with Crippen molar-refractivity contribution in [2.45, 2.75) is 13.0 Å². The lowest BCUT2D eigenvalue weighted by molar-refractivity contribution is -0.140. The van der Waals surface area contributed by atoms with Crippen LogP contribution in [0.4, 0.5) is 5.69 Å². The fourth-order valence-electron chi connectivity index (χ4n) is 1.31. The molecule has 0 aliphatic rings. The van der Waals surface area contributed by atoms with Crippen LogP contribution in [0.3, 0.4) is 0 Å². The smallest absolute Gasteiger partial charge is 0.354 e. The van der Waals surface area contributed by atoms with Crippen molar-refractivity contribution in [1.82, 2.24) is 4.57 Å². The number of hydrogen-bond acceptors (Lipinski definition) is 5. The zero-order valence-corrected chi connectivity index (χ0v) is 9.23. The second-order valence-corrected chi connectivity index (χ2v) is 3.17. The molecule has 0 unspecified atom stereocenters. The first-order valence-corrected chi connectivity index (χ1v) is 4.69. The Morgan fingerprint density at radius 3 is 2.62 bits per heavy atom. The minimum atomic E-state index is -0.485. The van der Waals surface area contributed by atoms with Crippen molar-refractivity contribution in [1.29, 1.82) is 0 Å².